The molecule has 0 saturated heterocycles. The van der Waals surface area contributed by atoms with E-state index in [0.29, 0.717) is 0 Å². The quantitative estimate of drug-likeness (QED) is 0.420. The average Bonchev–Trinajstić information content (AvgIpc) is 1.99. The molecule has 0 fully saturated rings. The summed E-state index contributed by atoms with van der Waals surface area (Å²) in [5, 5.41) is 0.848. The highest BCUT2D eigenvalue weighted by molar-refractivity contribution is 7.99. The molecule has 0 amide bonds. The van der Waals surface area contributed by atoms with Crippen LogP contribution < -0.4 is 0 Å². The van der Waals surface area contributed by atoms with Crippen LogP contribution in [0.5, 0.6) is 0 Å². The first-order valence-electron chi connectivity index (χ1n) is 4.17. The van der Waals surface area contributed by atoms with Gasteiger partial charge in [-0.25, -0.2) is 9.97 Å². The van der Waals surface area contributed by atoms with Crippen molar-refractivity contribution in [2.45, 2.75) is 25.9 Å². The lowest BCUT2D eigenvalue weighted by atomic mass is 10.4. The molecular formula is C10H14N2S. The fraction of sp³-hybridized carbons (Fsp3) is 0.400. The van der Waals surface area contributed by atoms with E-state index in [4.69, 9.17) is 0 Å². The molecular weight excluding hydrogens is 180 g/mol. The van der Waals surface area contributed by atoms with Crippen LogP contribution in [0.25, 0.3) is 0 Å². The van der Waals surface area contributed by atoms with Crippen molar-refractivity contribution < 1.29 is 0 Å². The van der Waals surface area contributed by atoms with Crippen molar-refractivity contribution in [2.24, 2.45) is 0 Å². The van der Waals surface area contributed by atoms with Gasteiger partial charge in [0.2, 0.25) is 0 Å². The maximum absolute atomic E-state index is 4.32. The minimum atomic E-state index is 0.848. The van der Waals surface area contributed by atoms with Crippen LogP contribution >= 0.6 is 11.8 Å². The molecule has 1 aromatic heterocycles. The summed E-state index contributed by atoms with van der Waals surface area (Å²) in [5.41, 5.74) is 3.20. The van der Waals surface area contributed by atoms with Gasteiger partial charge in [-0.3, -0.25) is 0 Å². The van der Waals surface area contributed by atoms with Crippen molar-refractivity contribution in [3.8, 4) is 0 Å². The third-order valence-electron chi connectivity index (χ3n) is 1.41. The molecule has 1 rings (SSSR count). The molecule has 0 atom stereocenters. The Kier molecular flexibility index (Phi) is 3.48. The molecule has 1 heterocycles. The van der Waals surface area contributed by atoms with Crippen molar-refractivity contribution in [3.05, 3.63) is 29.6 Å². The van der Waals surface area contributed by atoms with Crippen LogP contribution in [0.2, 0.25) is 0 Å². The Hall–Kier alpha value is -0.830. The van der Waals surface area contributed by atoms with Gasteiger partial charge in [0, 0.05) is 17.1 Å². The van der Waals surface area contributed by atoms with Crippen LogP contribution in [-0.4, -0.2) is 15.7 Å². The third-order valence-corrected chi connectivity index (χ3v) is 2.49. The molecule has 0 bridgehead atoms. The highest BCUT2D eigenvalue weighted by Gasteiger charge is 1.99. The van der Waals surface area contributed by atoms with Gasteiger partial charge in [0.25, 0.3) is 0 Å². The Morgan fingerprint density at radius 2 is 1.92 bits per heavy atom. The number of aryl methyl sites for hydroxylation is 2. The smallest absolute Gasteiger partial charge is 0.188 e. The van der Waals surface area contributed by atoms with Gasteiger partial charge in [0.05, 0.1) is 0 Å². The van der Waals surface area contributed by atoms with Crippen LogP contribution in [0, 0.1) is 13.8 Å². The Balaban J connectivity index is 2.71. The normalized spacial score (nSPS) is 10.1. The van der Waals surface area contributed by atoms with Crippen LogP contribution in [-0.2, 0) is 0 Å². The van der Waals surface area contributed by atoms with E-state index >= 15 is 0 Å². The maximum atomic E-state index is 4.32. The molecule has 0 aliphatic carbocycles. The highest BCUT2D eigenvalue weighted by atomic mass is 32.2. The fourth-order valence-corrected chi connectivity index (χ4v) is 1.74. The van der Waals surface area contributed by atoms with E-state index in [0.717, 1.165) is 27.9 Å². The number of rotatable bonds is 3. The zero-order chi connectivity index (χ0) is 9.84. The lowest BCUT2D eigenvalue weighted by molar-refractivity contribution is 0.903. The second kappa shape index (κ2) is 4.42. The number of aromatic nitrogens is 2. The molecule has 0 saturated carbocycles. The largest absolute Gasteiger partial charge is 0.228 e. The molecule has 0 unspecified atom stereocenters. The standard InChI is InChI=1S/C10H14N2S/c1-7(2)6-13-10-11-8(3)5-9(4)12-10/h5H,1,6H2,2-4H3. The first-order valence-corrected chi connectivity index (χ1v) is 5.16. The van der Waals surface area contributed by atoms with Gasteiger partial charge in [0.15, 0.2) is 5.16 Å². The molecule has 0 aromatic carbocycles. The Morgan fingerprint density at radius 3 is 2.38 bits per heavy atom. The third kappa shape index (κ3) is 3.59. The molecule has 13 heavy (non-hydrogen) atoms. The second-order valence-electron chi connectivity index (χ2n) is 3.18. The predicted molar refractivity (Wildman–Crippen MR) is 57.0 cm³/mol. The first kappa shape index (κ1) is 10.3. The Labute approximate surface area is 83.5 Å². The van der Waals surface area contributed by atoms with Gasteiger partial charge in [-0.2, -0.15) is 0 Å². The number of hydrogen-bond donors (Lipinski definition) is 0. The van der Waals surface area contributed by atoms with Gasteiger partial charge in [-0.1, -0.05) is 23.9 Å². The van der Waals surface area contributed by atoms with E-state index in [1.165, 1.54) is 0 Å². The predicted octanol–water partition coefficient (Wildman–Crippen LogP) is 2.76. The van der Waals surface area contributed by atoms with Gasteiger partial charge in [-0.15, -0.1) is 0 Å². The number of thioether (sulfide) groups is 1. The van der Waals surface area contributed by atoms with Gasteiger partial charge in [0.1, 0.15) is 0 Å². The molecule has 2 nitrogen and oxygen atoms in total. The zero-order valence-corrected chi connectivity index (χ0v) is 9.11. The van der Waals surface area contributed by atoms with E-state index in [-0.39, 0.29) is 0 Å². The number of hydrogen-bond acceptors (Lipinski definition) is 3. The van der Waals surface area contributed by atoms with Crippen molar-refractivity contribution in [1.29, 1.82) is 0 Å². The van der Waals surface area contributed by atoms with Crippen LogP contribution in [0.15, 0.2) is 23.4 Å². The maximum Gasteiger partial charge on any atom is 0.188 e. The Morgan fingerprint density at radius 1 is 1.38 bits per heavy atom. The van der Waals surface area contributed by atoms with Crippen molar-refractivity contribution >= 4 is 11.8 Å². The van der Waals surface area contributed by atoms with Crippen LogP contribution in [0.4, 0.5) is 0 Å². The Bertz CT molecular complexity index is 300. The van der Waals surface area contributed by atoms with Crippen LogP contribution in [0.1, 0.15) is 18.3 Å². The molecule has 0 aliphatic heterocycles. The van der Waals surface area contributed by atoms with Crippen LogP contribution in [0.3, 0.4) is 0 Å². The summed E-state index contributed by atoms with van der Waals surface area (Å²) in [6.07, 6.45) is 0. The van der Waals surface area contributed by atoms with Crippen molar-refractivity contribution in [3.63, 3.8) is 0 Å². The zero-order valence-electron chi connectivity index (χ0n) is 8.29. The minimum Gasteiger partial charge on any atom is -0.228 e. The molecule has 0 radical (unpaired) electrons. The lowest BCUT2D eigenvalue weighted by Crippen LogP contribution is -1.93. The summed E-state index contributed by atoms with van der Waals surface area (Å²) in [6.45, 7) is 9.82. The van der Waals surface area contributed by atoms with E-state index in [2.05, 4.69) is 16.5 Å². The van der Waals surface area contributed by atoms with E-state index in [1.807, 2.05) is 26.8 Å². The summed E-state index contributed by atoms with van der Waals surface area (Å²) < 4.78 is 0. The van der Waals surface area contributed by atoms with Crippen molar-refractivity contribution in [2.75, 3.05) is 5.75 Å². The molecule has 1 aromatic rings. The lowest BCUT2D eigenvalue weighted by Gasteiger charge is -2.01. The summed E-state index contributed by atoms with van der Waals surface area (Å²) in [4.78, 5) is 8.63. The molecule has 0 N–H and O–H groups in total. The fourth-order valence-electron chi connectivity index (χ4n) is 0.946. The van der Waals surface area contributed by atoms with E-state index in [9.17, 15) is 0 Å². The van der Waals surface area contributed by atoms with Gasteiger partial charge in [-0.05, 0) is 26.8 Å². The molecule has 70 valence electrons. The minimum absolute atomic E-state index is 0.848. The van der Waals surface area contributed by atoms with Crippen molar-refractivity contribution in [1.82, 2.24) is 9.97 Å². The second-order valence-corrected chi connectivity index (χ2v) is 4.12. The molecule has 0 spiro atoms. The summed E-state index contributed by atoms with van der Waals surface area (Å²) >= 11 is 1.64. The summed E-state index contributed by atoms with van der Waals surface area (Å²) in [5.74, 6) is 0.892. The number of nitrogens with zero attached hydrogens (tertiary/aromatic N) is 2. The molecule has 3 heteroatoms. The van der Waals surface area contributed by atoms with E-state index in [1.54, 1.807) is 11.8 Å². The topological polar surface area (TPSA) is 25.8 Å². The monoisotopic (exact) mass is 194 g/mol. The summed E-state index contributed by atoms with van der Waals surface area (Å²) in [6, 6.07) is 1.98. The highest BCUT2D eigenvalue weighted by Crippen LogP contribution is 2.15. The molecule has 0 aliphatic rings. The van der Waals surface area contributed by atoms with E-state index < -0.39 is 0 Å². The summed E-state index contributed by atoms with van der Waals surface area (Å²) in [7, 11) is 0. The SMILES string of the molecule is C=C(C)CSc1nc(C)cc(C)n1. The van der Waals surface area contributed by atoms with Gasteiger partial charge < -0.3 is 0 Å². The van der Waals surface area contributed by atoms with Gasteiger partial charge >= 0.3 is 0 Å². The average molecular weight is 194 g/mol. The first-order chi connectivity index (χ1) is 6.08.